The van der Waals surface area contributed by atoms with E-state index in [2.05, 4.69) is 10.2 Å². The number of benzene rings is 1. The van der Waals surface area contributed by atoms with E-state index in [-0.39, 0.29) is 23.8 Å². The predicted octanol–water partition coefficient (Wildman–Crippen LogP) is 2.87. The topological polar surface area (TPSA) is 52.7 Å². The van der Waals surface area contributed by atoms with Crippen LogP contribution in [-0.4, -0.2) is 53.8 Å². The number of carbonyl (C=O) groups is 2. The molecule has 1 N–H and O–H groups in total. The Bertz CT molecular complexity index is 641. The number of amides is 2. The summed E-state index contributed by atoms with van der Waals surface area (Å²) in [5.74, 6) is 0.421. The first kappa shape index (κ1) is 17.5. The van der Waals surface area contributed by atoms with Crippen molar-refractivity contribution in [2.75, 3.05) is 31.5 Å². The summed E-state index contributed by atoms with van der Waals surface area (Å²) >= 11 is 12.0. The molecular weight excluding hydrogens is 349 g/mol. The average molecular weight is 370 g/mol. The Morgan fingerprint density at radius 2 is 1.83 bits per heavy atom. The van der Waals surface area contributed by atoms with Crippen molar-refractivity contribution in [1.29, 1.82) is 0 Å². The molecule has 3 rings (SSSR count). The Morgan fingerprint density at radius 1 is 1.17 bits per heavy atom. The van der Waals surface area contributed by atoms with Crippen molar-refractivity contribution in [2.45, 2.75) is 25.8 Å². The summed E-state index contributed by atoms with van der Waals surface area (Å²) in [6.45, 7) is 4.67. The highest BCUT2D eigenvalue weighted by Crippen LogP contribution is 2.31. The molecule has 1 saturated heterocycles. The van der Waals surface area contributed by atoms with E-state index >= 15 is 0 Å². The van der Waals surface area contributed by atoms with Crippen molar-refractivity contribution in [1.82, 2.24) is 9.80 Å². The van der Waals surface area contributed by atoms with Gasteiger partial charge in [0.05, 0.1) is 16.8 Å². The first-order chi connectivity index (χ1) is 11.5. The maximum atomic E-state index is 12.5. The molecule has 24 heavy (non-hydrogen) atoms. The number of hydrogen-bond donors (Lipinski definition) is 1. The van der Waals surface area contributed by atoms with Gasteiger partial charge in [-0.2, -0.15) is 0 Å². The lowest BCUT2D eigenvalue weighted by Crippen LogP contribution is -2.54. The Morgan fingerprint density at radius 3 is 2.42 bits per heavy atom. The highest BCUT2D eigenvalue weighted by atomic mass is 35.5. The number of anilines is 1. The zero-order valence-corrected chi connectivity index (χ0v) is 15.1. The van der Waals surface area contributed by atoms with Crippen LogP contribution in [0.25, 0.3) is 0 Å². The van der Waals surface area contributed by atoms with Crippen molar-refractivity contribution in [3.8, 4) is 0 Å². The minimum absolute atomic E-state index is 0.110. The van der Waals surface area contributed by atoms with Crippen LogP contribution in [-0.2, 0) is 9.59 Å². The van der Waals surface area contributed by atoms with Crippen LogP contribution in [0.1, 0.15) is 19.8 Å². The summed E-state index contributed by atoms with van der Waals surface area (Å²) in [6, 6.07) is 4.71. The third-order valence-electron chi connectivity index (χ3n) is 4.67. The number of halogens is 2. The molecular formula is C17H21Cl2N3O2. The molecule has 1 aromatic carbocycles. The molecule has 1 aliphatic heterocycles. The molecule has 0 spiro atoms. The van der Waals surface area contributed by atoms with E-state index in [1.54, 1.807) is 18.2 Å². The number of rotatable bonds is 4. The standard InChI is InChI=1S/C17H21Cl2N3O2/c1-11(16(23)20-15-5-4-13(18)10-14(15)19)21-6-8-22(9-7-21)17(24)12-2-3-12/h4-5,10-12H,2-3,6-9H2,1H3,(H,20,23)/t11-/m0/s1. The summed E-state index contributed by atoms with van der Waals surface area (Å²) in [6.07, 6.45) is 2.05. The van der Waals surface area contributed by atoms with E-state index in [1.807, 2.05) is 11.8 Å². The second-order valence-corrected chi connectivity index (χ2v) is 7.27. The second kappa shape index (κ2) is 7.30. The van der Waals surface area contributed by atoms with Gasteiger partial charge in [-0.25, -0.2) is 0 Å². The number of nitrogens with one attached hydrogen (secondary N) is 1. The Hall–Kier alpha value is -1.30. The zero-order chi connectivity index (χ0) is 17.3. The van der Waals surface area contributed by atoms with Crippen LogP contribution in [0.2, 0.25) is 10.0 Å². The molecule has 2 aliphatic rings. The fraction of sp³-hybridized carbons (Fsp3) is 0.529. The first-order valence-corrected chi connectivity index (χ1v) is 9.00. The molecule has 7 heteroatoms. The van der Waals surface area contributed by atoms with Crippen LogP contribution >= 0.6 is 23.2 Å². The molecule has 1 saturated carbocycles. The van der Waals surface area contributed by atoms with Gasteiger partial charge >= 0.3 is 0 Å². The molecule has 5 nitrogen and oxygen atoms in total. The van der Waals surface area contributed by atoms with Crippen molar-refractivity contribution in [3.05, 3.63) is 28.2 Å². The van der Waals surface area contributed by atoms with Crippen LogP contribution < -0.4 is 5.32 Å². The van der Waals surface area contributed by atoms with Crippen molar-refractivity contribution in [2.24, 2.45) is 5.92 Å². The zero-order valence-electron chi connectivity index (χ0n) is 13.6. The van der Waals surface area contributed by atoms with Crippen LogP contribution in [0.5, 0.6) is 0 Å². The Balaban J connectivity index is 1.53. The van der Waals surface area contributed by atoms with Gasteiger partial charge in [0.25, 0.3) is 0 Å². The fourth-order valence-electron chi connectivity index (χ4n) is 2.91. The lowest BCUT2D eigenvalue weighted by Gasteiger charge is -2.37. The van der Waals surface area contributed by atoms with Gasteiger partial charge in [0.1, 0.15) is 0 Å². The predicted molar refractivity (Wildman–Crippen MR) is 95.4 cm³/mol. The van der Waals surface area contributed by atoms with Crippen LogP contribution in [0.3, 0.4) is 0 Å². The summed E-state index contributed by atoms with van der Waals surface area (Å²) < 4.78 is 0. The molecule has 0 radical (unpaired) electrons. The smallest absolute Gasteiger partial charge is 0.241 e. The van der Waals surface area contributed by atoms with Gasteiger partial charge in [-0.3, -0.25) is 14.5 Å². The largest absolute Gasteiger partial charge is 0.340 e. The van der Waals surface area contributed by atoms with E-state index in [0.29, 0.717) is 41.9 Å². The molecule has 0 bridgehead atoms. The van der Waals surface area contributed by atoms with E-state index in [0.717, 1.165) is 12.8 Å². The van der Waals surface area contributed by atoms with Gasteiger partial charge in [-0.1, -0.05) is 23.2 Å². The van der Waals surface area contributed by atoms with E-state index in [1.165, 1.54) is 0 Å². The number of piperazine rings is 1. The van der Waals surface area contributed by atoms with Crippen molar-refractivity contribution >= 4 is 40.7 Å². The Kier molecular flexibility index (Phi) is 5.33. The lowest BCUT2D eigenvalue weighted by atomic mass is 10.2. The van der Waals surface area contributed by atoms with Gasteiger partial charge in [-0.05, 0) is 38.0 Å². The summed E-state index contributed by atoms with van der Waals surface area (Å²) in [4.78, 5) is 28.6. The molecule has 1 aliphatic carbocycles. The third-order valence-corrected chi connectivity index (χ3v) is 5.22. The SMILES string of the molecule is C[C@@H](C(=O)Nc1ccc(Cl)cc1Cl)N1CCN(C(=O)C2CC2)CC1. The van der Waals surface area contributed by atoms with Gasteiger partial charge < -0.3 is 10.2 Å². The average Bonchev–Trinajstić information content (AvgIpc) is 3.41. The minimum atomic E-state index is -0.282. The molecule has 0 aromatic heterocycles. The van der Waals surface area contributed by atoms with Crippen LogP contribution in [0.4, 0.5) is 5.69 Å². The minimum Gasteiger partial charge on any atom is -0.340 e. The monoisotopic (exact) mass is 369 g/mol. The van der Waals surface area contributed by atoms with E-state index in [9.17, 15) is 9.59 Å². The summed E-state index contributed by atoms with van der Waals surface area (Å²) in [7, 11) is 0. The van der Waals surface area contributed by atoms with Gasteiger partial charge in [0.2, 0.25) is 11.8 Å². The lowest BCUT2D eigenvalue weighted by molar-refractivity contribution is -0.135. The third kappa shape index (κ3) is 4.02. The van der Waals surface area contributed by atoms with Crippen molar-refractivity contribution < 1.29 is 9.59 Å². The second-order valence-electron chi connectivity index (χ2n) is 6.42. The molecule has 130 valence electrons. The molecule has 1 heterocycles. The molecule has 1 atom stereocenters. The van der Waals surface area contributed by atoms with Crippen LogP contribution in [0, 0.1) is 5.92 Å². The van der Waals surface area contributed by atoms with E-state index in [4.69, 9.17) is 23.2 Å². The Labute approximate surface area is 151 Å². The normalized spacial score (nSPS) is 19.9. The maximum Gasteiger partial charge on any atom is 0.241 e. The fourth-order valence-corrected chi connectivity index (χ4v) is 3.37. The van der Waals surface area contributed by atoms with Gasteiger partial charge in [0, 0.05) is 37.1 Å². The summed E-state index contributed by atoms with van der Waals surface area (Å²) in [5.41, 5.74) is 0.556. The number of nitrogens with zero attached hydrogens (tertiary/aromatic N) is 2. The number of hydrogen-bond acceptors (Lipinski definition) is 3. The maximum absolute atomic E-state index is 12.5. The molecule has 0 unspecified atom stereocenters. The highest BCUT2D eigenvalue weighted by molar-refractivity contribution is 6.36. The summed E-state index contributed by atoms with van der Waals surface area (Å²) in [5, 5.41) is 3.79. The van der Waals surface area contributed by atoms with Crippen molar-refractivity contribution in [3.63, 3.8) is 0 Å². The molecule has 2 fully saturated rings. The molecule has 1 aromatic rings. The first-order valence-electron chi connectivity index (χ1n) is 8.24. The molecule has 2 amide bonds. The number of carbonyl (C=O) groups excluding carboxylic acids is 2. The van der Waals surface area contributed by atoms with Gasteiger partial charge in [-0.15, -0.1) is 0 Å². The van der Waals surface area contributed by atoms with Gasteiger partial charge in [0.15, 0.2) is 0 Å². The highest BCUT2D eigenvalue weighted by Gasteiger charge is 2.35. The van der Waals surface area contributed by atoms with Crippen LogP contribution in [0.15, 0.2) is 18.2 Å². The van der Waals surface area contributed by atoms with E-state index < -0.39 is 0 Å². The quantitative estimate of drug-likeness (QED) is 0.887.